The molecule has 5 heterocycles. The molecule has 232 valence electrons. The number of likely N-dealkylation sites (tertiary alicyclic amines) is 1. The van der Waals surface area contributed by atoms with Crippen LogP contribution in [0.2, 0.25) is 0 Å². The third-order valence-corrected chi connectivity index (χ3v) is 8.17. The summed E-state index contributed by atoms with van der Waals surface area (Å²) in [4.78, 5) is 28.2. The van der Waals surface area contributed by atoms with Gasteiger partial charge in [0.05, 0.1) is 23.3 Å². The van der Waals surface area contributed by atoms with E-state index in [1.807, 2.05) is 50.1 Å². The second kappa shape index (κ2) is 11.6. The summed E-state index contributed by atoms with van der Waals surface area (Å²) in [5.74, 6) is 0.606. The molecule has 44 heavy (non-hydrogen) atoms. The number of alkyl halides is 3. The number of aliphatic hydroxyl groups excluding tert-OH is 1. The number of carbonyl (C=O) groups excluding carboxylic acids is 1. The Morgan fingerprint density at radius 1 is 1.16 bits per heavy atom. The van der Waals surface area contributed by atoms with Crippen LogP contribution in [0.25, 0.3) is 11.0 Å². The van der Waals surface area contributed by atoms with Crippen molar-refractivity contribution in [2.24, 2.45) is 0 Å². The van der Waals surface area contributed by atoms with Gasteiger partial charge in [0.1, 0.15) is 34.9 Å². The number of β-amino-alcohol motifs (C(OH)–C–C–N with tert-alkyl or cyclic N) is 1. The fraction of sp³-hybridized carbons (Fsp3) is 0.387. The molecule has 1 saturated heterocycles. The number of pyridine rings is 2. The molecular formula is C31H33F3N6O4. The lowest BCUT2D eigenvalue weighted by atomic mass is 9.93. The minimum atomic E-state index is -4.78. The van der Waals surface area contributed by atoms with E-state index < -0.39 is 35.9 Å². The molecule has 1 aromatic carbocycles. The van der Waals surface area contributed by atoms with Crippen molar-refractivity contribution in [1.82, 2.24) is 24.8 Å². The van der Waals surface area contributed by atoms with Gasteiger partial charge in [0.2, 0.25) is 5.88 Å². The number of urea groups is 1. The molecule has 0 spiro atoms. The average Bonchev–Trinajstić information content (AvgIpc) is 3.36. The molecular weight excluding hydrogens is 577 g/mol. The first-order valence-corrected chi connectivity index (χ1v) is 14.4. The number of aromatic nitrogens is 3. The summed E-state index contributed by atoms with van der Waals surface area (Å²) in [6.07, 6.45) is -2.83. The molecule has 10 nitrogen and oxygen atoms in total. The van der Waals surface area contributed by atoms with Crippen LogP contribution in [0.15, 0.2) is 48.8 Å². The summed E-state index contributed by atoms with van der Waals surface area (Å²) in [6.45, 7) is 5.04. The Kier molecular flexibility index (Phi) is 7.84. The lowest BCUT2D eigenvalue weighted by molar-refractivity contribution is -0.140. The zero-order chi connectivity index (χ0) is 31.2. The van der Waals surface area contributed by atoms with Gasteiger partial charge in [0.15, 0.2) is 0 Å². The maximum Gasteiger partial charge on any atom is 0.421 e. The number of H-pyrrole nitrogens is 1. The number of nitrogens with zero attached hydrogens (tertiary/aromatic N) is 4. The number of benzene rings is 1. The van der Waals surface area contributed by atoms with E-state index >= 15 is 0 Å². The SMILES string of the molecule is Cc1cc2c(Oc3ccc4c(c3)[C@H](C)N(C(=O)Nc3cnc(OC5CCN(C)CC5O)c(C(F)(F)F)c3)CC4)ccnc2[nH]1. The predicted molar refractivity (Wildman–Crippen MR) is 157 cm³/mol. The lowest BCUT2D eigenvalue weighted by Crippen LogP contribution is -2.47. The molecule has 0 aliphatic carbocycles. The molecule has 4 aromatic rings. The molecule has 2 aliphatic heterocycles. The van der Waals surface area contributed by atoms with Crippen LogP contribution in [0, 0.1) is 6.92 Å². The van der Waals surface area contributed by atoms with Crippen molar-refractivity contribution in [3.63, 3.8) is 0 Å². The lowest BCUT2D eigenvalue weighted by Gasteiger charge is -2.35. The van der Waals surface area contributed by atoms with Gasteiger partial charge in [-0.25, -0.2) is 14.8 Å². The zero-order valence-corrected chi connectivity index (χ0v) is 24.5. The van der Waals surface area contributed by atoms with E-state index in [0.29, 0.717) is 37.4 Å². The molecule has 0 saturated carbocycles. The molecule has 3 atom stereocenters. The van der Waals surface area contributed by atoms with Crippen LogP contribution in [0.5, 0.6) is 17.4 Å². The van der Waals surface area contributed by atoms with E-state index in [1.165, 1.54) is 0 Å². The molecule has 3 N–H and O–H groups in total. The standard InChI is InChI=1S/C31H33F3N6O4/c1-17-12-23-26(6-9-35-28(23)37-17)43-21-5-4-19-7-11-40(18(2)22(19)14-21)30(42)38-20-13-24(31(32,33)34)29(36-15-20)44-27-8-10-39(3)16-25(27)41/h4-6,9,12-15,18,25,27,41H,7-8,10-11,16H2,1-3H3,(H,35,37)(H,38,42)/t18-,25?,27?/m0/s1. The Morgan fingerprint density at radius 3 is 2.75 bits per heavy atom. The number of piperidine rings is 1. The van der Waals surface area contributed by atoms with Crippen LogP contribution in [0.1, 0.15) is 41.8 Å². The van der Waals surface area contributed by atoms with Gasteiger partial charge in [-0.2, -0.15) is 13.2 Å². The summed E-state index contributed by atoms with van der Waals surface area (Å²) in [5.41, 5.74) is 2.38. The highest BCUT2D eigenvalue weighted by Crippen LogP contribution is 2.39. The number of ether oxygens (including phenoxy) is 2. The molecule has 13 heteroatoms. The molecule has 1 fully saturated rings. The molecule has 0 bridgehead atoms. The van der Waals surface area contributed by atoms with Gasteiger partial charge in [-0.05, 0) is 75.2 Å². The maximum absolute atomic E-state index is 14.0. The minimum absolute atomic E-state index is 0.114. The van der Waals surface area contributed by atoms with Gasteiger partial charge in [-0.1, -0.05) is 6.07 Å². The first kappa shape index (κ1) is 29.7. The van der Waals surface area contributed by atoms with Gasteiger partial charge in [0.25, 0.3) is 0 Å². The van der Waals surface area contributed by atoms with Gasteiger partial charge in [-0.3, -0.25) is 0 Å². The number of aliphatic hydroxyl groups is 1. The topological polar surface area (TPSA) is 116 Å². The van der Waals surface area contributed by atoms with Gasteiger partial charge in [-0.15, -0.1) is 0 Å². The highest BCUT2D eigenvalue weighted by molar-refractivity contribution is 5.90. The quantitative estimate of drug-likeness (QED) is 0.267. The van der Waals surface area contributed by atoms with Crippen molar-refractivity contribution < 1.29 is 32.5 Å². The number of amides is 2. The fourth-order valence-electron chi connectivity index (χ4n) is 5.84. The number of aromatic amines is 1. The maximum atomic E-state index is 14.0. The van der Waals surface area contributed by atoms with E-state index in [1.54, 1.807) is 17.2 Å². The third kappa shape index (κ3) is 6.02. The molecule has 2 aliphatic rings. The fourth-order valence-corrected chi connectivity index (χ4v) is 5.84. The third-order valence-electron chi connectivity index (χ3n) is 8.17. The number of rotatable bonds is 5. The molecule has 6 rings (SSSR count). The van der Waals surface area contributed by atoms with Crippen molar-refractivity contribution >= 4 is 22.8 Å². The second-order valence-corrected chi connectivity index (χ2v) is 11.4. The molecule has 2 unspecified atom stereocenters. The number of likely N-dealkylation sites (N-methyl/N-ethyl adjacent to an activating group) is 1. The van der Waals surface area contributed by atoms with Crippen LogP contribution in [-0.2, 0) is 12.6 Å². The Morgan fingerprint density at radius 2 is 1.98 bits per heavy atom. The van der Waals surface area contributed by atoms with Crippen LogP contribution < -0.4 is 14.8 Å². The summed E-state index contributed by atoms with van der Waals surface area (Å²) < 4.78 is 53.8. The number of halogens is 3. The van der Waals surface area contributed by atoms with E-state index in [-0.39, 0.29) is 18.3 Å². The summed E-state index contributed by atoms with van der Waals surface area (Å²) >= 11 is 0. The number of hydrogen-bond acceptors (Lipinski definition) is 7. The first-order chi connectivity index (χ1) is 21.0. The van der Waals surface area contributed by atoms with E-state index in [0.717, 1.165) is 40.1 Å². The minimum Gasteiger partial charge on any atom is -0.471 e. The highest BCUT2D eigenvalue weighted by Gasteiger charge is 2.38. The number of nitrogens with one attached hydrogen (secondary N) is 2. The number of aryl methyl sites for hydroxylation is 1. The van der Waals surface area contributed by atoms with E-state index in [4.69, 9.17) is 9.47 Å². The normalized spacial score (nSPS) is 20.8. The van der Waals surface area contributed by atoms with Gasteiger partial charge < -0.3 is 34.7 Å². The summed E-state index contributed by atoms with van der Waals surface area (Å²) in [5, 5.41) is 13.7. The Bertz CT molecular complexity index is 1690. The van der Waals surface area contributed by atoms with Gasteiger partial charge >= 0.3 is 12.2 Å². The molecule has 2 amide bonds. The molecule has 3 aromatic heterocycles. The van der Waals surface area contributed by atoms with Crippen molar-refractivity contribution in [3.05, 3.63) is 71.2 Å². The number of anilines is 1. The van der Waals surface area contributed by atoms with E-state index in [9.17, 15) is 23.1 Å². The Labute approximate surface area is 251 Å². The summed E-state index contributed by atoms with van der Waals surface area (Å²) in [6, 6.07) is 9.36. The molecule has 0 radical (unpaired) electrons. The number of hydrogen-bond donors (Lipinski definition) is 3. The predicted octanol–water partition coefficient (Wildman–Crippen LogP) is 5.67. The Balaban J connectivity index is 1.18. The van der Waals surface area contributed by atoms with Crippen LogP contribution in [0.3, 0.4) is 0 Å². The highest BCUT2D eigenvalue weighted by atomic mass is 19.4. The zero-order valence-electron chi connectivity index (χ0n) is 24.5. The van der Waals surface area contributed by atoms with Crippen LogP contribution >= 0.6 is 0 Å². The van der Waals surface area contributed by atoms with Crippen LogP contribution in [-0.4, -0.2) is 74.8 Å². The van der Waals surface area contributed by atoms with E-state index in [2.05, 4.69) is 20.3 Å². The largest absolute Gasteiger partial charge is 0.471 e. The van der Waals surface area contributed by atoms with Crippen molar-refractivity contribution in [3.8, 4) is 17.4 Å². The smallest absolute Gasteiger partial charge is 0.421 e. The first-order valence-electron chi connectivity index (χ1n) is 14.4. The summed E-state index contributed by atoms with van der Waals surface area (Å²) in [7, 11) is 1.81. The van der Waals surface area contributed by atoms with Crippen molar-refractivity contribution in [2.45, 2.75) is 51.1 Å². The monoisotopic (exact) mass is 610 g/mol. The number of carbonyl (C=O) groups is 1. The van der Waals surface area contributed by atoms with Crippen LogP contribution in [0.4, 0.5) is 23.7 Å². The second-order valence-electron chi connectivity index (χ2n) is 11.4. The number of fused-ring (bicyclic) bond motifs is 2. The van der Waals surface area contributed by atoms with Crippen molar-refractivity contribution in [2.75, 3.05) is 32.0 Å². The Hall–Kier alpha value is -4.36. The average molecular weight is 611 g/mol. The van der Waals surface area contributed by atoms with Gasteiger partial charge in [0, 0.05) is 31.5 Å². The van der Waals surface area contributed by atoms with Crippen molar-refractivity contribution in [1.29, 1.82) is 0 Å².